The summed E-state index contributed by atoms with van der Waals surface area (Å²) in [6, 6.07) is 0. The van der Waals surface area contributed by atoms with E-state index in [4.69, 9.17) is 0 Å². The maximum absolute atomic E-state index is 2.16. The molecule has 0 aliphatic carbocycles. The van der Waals surface area contributed by atoms with Gasteiger partial charge >= 0.3 is 0 Å². The minimum atomic E-state index is 1.19. The normalized spacial score (nSPS) is 9.33. The Morgan fingerprint density at radius 1 is 0.778 bits per heavy atom. The van der Waals surface area contributed by atoms with E-state index in [1.165, 1.54) is 16.5 Å². The van der Waals surface area contributed by atoms with Crippen LogP contribution in [0.25, 0.3) is 0 Å². The Morgan fingerprint density at radius 3 is 1.00 bits per heavy atom. The van der Waals surface area contributed by atoms with Gasteiger partial charge in [0.1, 0.15) is 0 Å². The van der Waals surface area contributed by atoms with E-state index in [9.17, 15) is 0 Å². The fourth-order valence-corrected chi connectivity index (χ4v) is 0.707. The van der Waals surface area contributed by atoms with Crippen LogP contribution in [0, 0.1) is 0 Å². The molecule has 0 rings (SSSR count). The lowest BCUT2D eigenvalue weighted by atomic mass is 10.8. The van der Waals surface area contributed by atoms with Gasteiger partial charge in [-0.3, -0.25) is 9.80 Å². The smallest absolute Gasteiger partial charge is 0.203 e. The van der Waals surface area contributed by atoms with Crippen molar-refractivity contribution in [1.29, 1.82) is 0 Å². The highest BCUT2D eigenvalue weighted by Crippen LogP contribution is 1.14. The first kappa shape index (κ1) is 11.7. The van der Waals surface area contributed by atoms with Gasteiger partial charge in [-0.25, -0.2) is 0 Å². The molecule has 0 saturated heterocycles. The number of hydrogen-bond acceptors (Lipinski definition) is 0. The topological polar surface area (TPSA) is 8.88 Å². The van der Waals surface area contributed by atoms with Crippen molar-refractivity contribution in [2.75, 3.05) is 34.9 Å². The van der Waals surface area contributed by atoms with Crippen LogP contribution in [0.1, 0.15) is 13.8 Å². The Hall–Kier alpha value is -0.0800. The third-order valence-corrected chi connectivity index (χ3v) is 0.707. The Balaban J connectivity index is 0. The molecule has 0 saturated carbocycles. The summed E-state index contributed by atoms with van der Waals surface area (Å²) < 4.78 is 0. The summed E-state index contributed by atoms with van der Waals surface area (Å²) in [5.41, 5.74) is 0. The first-order valence-corrected chi connectivity index (χ1v) is 3.71. The number of hydrogen-bond donors (Lipinski definition) is 2. The van der Waals surface area contributed by atoms with E-state index in [1.807, 2.05) is 13.8 Å². The molecule has 0 bridgehead atoms. The molecule has 0 heterocycles. The van der Waals surface area contributed by atoms with Crippen molar-refractivity contribution in [3.8, 4) is 0 Å². The van der Waals surface area contributed by atoms with Crippen LogP contribution in [0.2, 0.25) is 0 Å². The molecule has 2 heteroatoms. The average Bonchev–Trinajstić information content (AvgIpc) is 1.68. The fraction of sp³-hybridized carbons (Fsp3) is 1.00. The van der Waals surface area contributed by atoms with E-state index >= 15 is 0 Å². The minimum Gasteiger partial charge on any atom is -0.293 e. The summed E-state index contributed by atoms with van der Waals surface area (Å²) >= 11 is 0. The molecule has 0 unspecified atom stereocenters. The maximum atomic E-state index is 2.16. The number of rotatable bonds is 2. The van der Waals surface area contributed by atoms with E-state index in [2.05, 4.69) is 28.2 Å². The van der Waals surface area contributed by atoms with Crippen LogP contribution in [-0.2, 0) is 0 Å². The monoisotopic (exact) mass is 134 g/mol. The molecule has 58 valence electrons. The van der Waals surface area contributed by atoms with E-state index in [0.29, 0.717) is 0 Å². The second-order valence-corrected chi connectivity index (χ2v) is 2.59. The highest BCUT2D eigenvalue weighted by molar-refractivity contribution is 3.81. The Morgan fingerprint density at radius 2 is 1.00 bits per heavy atom. The van der Waals surface area contributed by atoms with Gasteiger partial charge in [0.2, 0.25) is 6.67 Å². The zero-order valence-electron chi connectivity index (χ0n) is 7.71. The molecule has 2 N–H and O–H groups in total. The van der Waals surface area contributed by atoms with Gasteiger partial charge in [-0.05, 0) is 0 Å². The summed E-state index contributed by atoms with van der Waals surface area (Å²) in [6.07, 6.45) is 0. The number of quaternary nitrogens is 2. The molecular weight excluding hydrogens is 112 g/mol. The van der Waals surface area contributed by atoms with Crippen molar-refractivity contribution in [1.82, 2.24) is 0 Å². The zero-order valence-corrected chi connectivity index (χ0v) is 7.71. The molecule has 0 radical (unpaired) electrons. The molecule has 0 amide bonds. The highest BCUT2D eigenvalue weighted by atomic mass is 15.2. The molecule has 2 nitrogen and oxygen atoms in total. The molecule has 9 heavy (non-hydrogen) atoms. The lowest BCUT2D eigenvalue weighted by Crippen LogP contribution is -3.26. The second kappa shape index (κ2) is 7.92. The molecule has 0 spiro atoms. The van der Waals surface area contributed by atoms with Crippen molar-refractivity contribution in [2.24, 2.45) is 0 Å². The van der Waals surface area contributed by atoms with Gasteiger partial charge in [0.25, 0.3) is 0 Å². The van der Waals surface area contributed by atoms with Gasteiger partial charge in [-0.1, -0.05) is 13.8 Å². The molecule has 0 atom stereocenters. The second-order valence-electron chi connectivity index (χ2n) is 2.59. The first-order valence-electron chi connectivity index (χ1n) is 3.71. The standard InChI is InChI=1S/C5H14N2.C2H6/c1-6(2)5-7(3)4;1-2/h5H2,1-4H3;1-2H3/p+2. The van der Waals surface area contributed by atoms with Gasteiger partial charge in [-0.2, -0.15) is 0 Å². The van der Waals surface area contributed by atoms with Crippen LogP contribution in [0.4, 0.5) is 0 Å². The summed E-state index contributed by atoms with van der Waals surface area (Å²) in [6.45, 7) is 5.19. The van der Waals surface area contributed by atoms with Crippen molar-refractivity contribution < 1.29 is 9.80 Å². The Bertz CT molecular complexity index is 36.2. The van der Waals surface area contributed by atoms with Crippen LogP contribution in [-0.4, -0.2) is 34.9 Å². The molecule has 0 aromatic rings. The van der Waals surface area contributed by atoms with Crippen LogP contribution < -0.4 is 9.80 Å². The van der Waals surface area contributed by atoms with Crippen LogP contribution in [0.15, 0.2) is 0 Å². The molecule has 0 aliphatic rings. The third-order valence-electron chi connectivity index (χ3n) is 0.707. The van der Waals surface area contributed by atoms with E-state index < -0.39 is 0 Å². The summed E-state index contributed by atoms with van der Waals surface area (Å²) in [7, 11) is 8.64. The summed E-state index contributed by atoms with van der Waals surface area (Å²) in [5.74, 6) is 0. The van der Waals surface area contributed by atoms with Crippen molar-refractivity contribution in [2.45, 2.75) is 13.8 Å². The van der Waals surface area contributed by atoms with Gasteiger partial charge in [0.05, 0.1) is 28.2 Å². The maximum Gasteiger partial charge on any atom is 0.203 e. The molecule has 0 aromatic heterocycles. The van der Waals surface area contributed by atoms with Gasteiger partial charge < -0.3 is 0 Å². The number of nitrogens with one attached hydrogen (secondary N) is 2. The lowest BCUT2D eigenvalue weighted by molar-refractivity contribution is -1.05. The zero-order chi connectivity index (χ0) is 7.86. The van der Waals surface area contributed by atoms with Gasteiger partial charge in [0, 0.05) is 0 Å². The molecule has 0 fully saturated rings. The largest absolute Gasteiger partial charge is 0.293 e. The SMILES string of the molecule is CC.C[NH+](C)C[NH+](C)C. The van der Waals surface area contributed by atoms with Crippen molar-refractivity contribution >= 4 is 0 Å². The average molecular weight is 134 g/mol. The first-order chi connectivity index (χ1) is 4.13. The summed E-state index contributed by atoms with van der Waals surface area (Å²) in [4.78, 5) is 3.00. The van der Waals surface area contributed by atoms with Crippen LogP contribution in [0.5, 0.6) is 0 Å². The van der Waals surface area contributed by atoms with Crippen molar-refractivity contribution in [3.05, 3.63) is 0 Å². The Labute approximate surface area is 59.5 Å². The van der Waals surface area contributed by atoms with Crippen molar-refractivity contribution in [3.63, 3.8) is 0 Å². The molecular formula is C7H22N2+2. The predicted molar refractivity (Wildman–Crippen MR) is 41.8 cm³/mol. The molecule has 0 aliphatic heterocycles. The van der Waals surface area contributed by atoms with Gasteiger partial charge in [-0.15, -0.1) is 0 Å². The predicted octanol–water partition coefficient (Wildman–Crippen LogP) is -1.74. The Kier molecular flexibility index (Phi) is 10.3. The fourth-order valence-electron chi connectivity index (χ4n) is 0.707. The van der Waals surface area contributed by atoms with Crippen LogP contribution in [0.3, 0.4) is 0 Å². The minimum absolute atomic E-state index is 1.19. The van der Waals surface area contributed by atoms with Gasteiger partial charge in [0.15, 0.2) is 0 Å². The quantitative estimate of drug-likeness (QED) is 0.415. The summed E-state index contributed by atoms with van der Waals surface area (Å²) in [5, 5.41) is 0. The van der Waals surface area contributed by atoms with Crippen LogP contribution >= 0.6 is 0 Å². The highest BCUT2D eigenvalue weighted by Gasteiger charge is 1.94. The van der Waals surface area contributed by atoms with E-state index in [0.717, 1.165) is 0 Å². The lowest BCUT2D eigenvalue weighted by Gasteiger charge is -2.09. The third kappa shape index (κ3) is 18.1. The molecule has 0 aromatic carbocycles. The van der Waals surface area contributed by atoms with E-state index in [1.54, 1.807) is 0 Å². The van der Waals surface area contributed by atoms with E-state index in [-0.39, 0.29) is 0 Å².